The summed E-state index contributed by atoms with van der Waals surface area (Å²) in [5, 5.41) is 0.540. The zero-order valence-corrected chi connectivity index (χ0v) is 24.3. The highest BCUT2D eigenvalue weighted by molar-refractivity contribution is 6.01. The lowest BCUT2D eigenvalue weighted by Gasteiger charge is -2.41. The van der Waals surface area contributed by atoms with Crippen LogP contribution in [0.15, 0.2) is 65.8 Å². The quantitative estimate of drug-likeness (QED) is 0.308. The molecule has 7 rings (SSSR count). The molecule has 2 aliphatic rings. The number of carbonyl (C=O) groups excluding carboxylic acids is 2. The zero-order valence-electron chi connectivity index (χ0n) is 24.3. The van der Waals surface area contributed by atoms with Gasteiger partial charge in [-0.05, 0) is 30.2 Å². The Morgan fingerprint density at radius 3 is 2.48 bits per heavy atom. The van der Waals surface area contributed by atoms with Crippen LogP contribution in [0.4, 0.5) is 10.2 Å². The number of rotatable bonds is 6. The molecule has 1 saturated heterocycles. The van der Waals surface area contributed by atoms with Crippen LogP contribution in [0.2, 0.25) is 0 Å². The summed E-state index contributed by atoms with van der Waals surface area (Å²) in [6, 6.07) is 14.0. The van der Waals surface area contributed by atoms with E-state index in [0.717, 1.165) is 0 Å². The number of amides is 2. The van der Waals surface area contributed by atoms with E-state index < -0.39 is 23.2 Å². The minimum atomic E-state index is -0.814. The summed E-state index contributed by atoms with van der Waals surface area (Å²) in [6.07, 6.45) is 3.77. The number of hydrogen-bond donors (Lipinski definition) is 2. The monoisotopic (exact) mass is 594 g/mol. The Bertz CT molecular complexity index is 2020. The zero-order chi connectivity index (χ0) is 30.9. The SMILES string of the molecule is CC(C)C(=O)N1CC(n2cc(-c3ccc(C4CCn5c4c(C(N)=O)c(=O)n5-c4ccccc4)cc3F)c3c(N)ncnc32)C1. The molecule has 224 valence electrons. The van der Waals surface area contributed by atoms with E-state index >= 15 is 4.39 Å². The van der Waals surface area contributed by atoms with Gasteiger partial charge in [-0.25, -0.2) is 19.0 Å². The first-order valence-corrected chi connectivity index (χ1v) is 14.6. The molecule has 11 nitrogen and oxygen atoms in total. The minimum Gasteiger partial charge on any atom is -0.383 e. The lowest BCUT2D eigenvalue weighted by molar-refractivity contribution is -0.140. The van der Waals surface area contributed by atoms with Crippen molar-refractivity contribution in [3.05, 3.63) is 94.0 Å². The maximum Gasteiger partial charge on any atom is 0.284 e. The fourth-order valence-corrected chi connectivity index (χ4v) is 6.64. The standard InChI is InChI=1S/C32H31FN8O3/c1-17(2)31(43)38-13-20(14-38)39-15-23(25-28(34)36-16-37-30(25)39)22-9-8-18(12-24(22)33)21-10-11-40-27(21)26(29(35)42)32(44)41(40)19-6-4-3-5-7-19/h3-9,12,15-17,20-21H,10-11,13-14H2,1-2H3,(H2,35,42)(H2,34,36,37). The summed E-state index contributed by atoms with van der Waals surface area (Å²) >= 11 is 0. The Morgan fingerprint density at radius 2 is 1.80 bits per heavy atom. The Kier molecular flexibility index (Phi) is 6.38. The predicted octanol–water partition coefficient (Wildman–Crippen LogP) is 3.45. The molecule has 0 bridgehead atoms. The van der Waals surface area contributed by atoms with E-state index in [0.29, 0.717) is 65.2 Å². The Labute approximate surface area is 251 Å². The summed E-state index contributed by atoms with van der Waals surface area (Å²) in [5.41, 5.74) is 14.6. The largest absolute Gasteiger partial charge is 0.383 e. The number of primary amides is 1. The number of fused-ring (bicyclic) bond motifs is 2. The lowest BCUT2D eigenvalue weighted by Crippen LogP contribution is -2.51. The van der Waals surface area contributed by atoms with E-state index in [2.05, 4.69) is 9.97 Å². The Morgan fingerprint density at radius 1 is 1.05 bits per heavy atom. The number of anilines is 1. The average molecular weight is 595 g/mol. The number of para-hydroxylation sites is 1. The van der Waals surface area contributed by atoms with Crippen LogP contribution in [0.25, 0.3) is 27.8 Å². The van der Waals surface area contributed by atoms with Gasteiger partial charge in [0, 0.05) is 48.8 Å². The molecule has 3 aromatic heterocycles. The second-order valence-corrected chi connectivity index (χ2v) is 11.7. The molecule has 12 heteroatoms. The fourth-order valence-electron chi connectivity index (χ4n) is 6.64. The average Bonchev–Trinajstić information content (AvgIpc) is 3.64. The van der Waals surface area contributed by atoms with Gasteiger partial charge in [-0.3, -0.25) is 19.1 Å². The van der Waals surface area contributed by atoms with E-state index in [1.165, 1.54) is 17.1 Å². The third kappa shape index (κ3) is 4.12. The number of likely N-dealkylation sites (tertiary alicyclic amines) is 1. The maximum absolute atomic E-state index is 16.1. The summed E-state index contributed by atoms with van der Waals surface area (Å²) in [4.78, 5) is 48.8. The van der Waals surface area contributed by atoms with Crippen molar-refractivity contribution in [3.8, 4) is 16.8 Å². The molecule has 0 saturated carbocycles. The number of hydrogen-bond acceptors (Lipinski definition) is 6. The molecule has 2 aromatic carbocycles. The molecule has 1 fully saturated rings. The van der Waals surface area contributed by atoms with Crippen molar-refractivity contribution >= 4 is 28.7 Å². The van der Waals surface area contributed by atoms with Gasteiger partial charge in [0.05, 0.1) is 22.8 Å². The summed E-state index contributed by atoms with van der Waals surface area (Å²) in [5.74, 6) is -1.49. The number of benzene rings is 2. The topological polar surface area (TPSA) is 147 Å². The van der Waals surface area contributed by atoms with Gasteiger partial charge in [0.1, 0.15) is 29.2 Å². The second kappa shape index (κ2) is 10.2. The highest BCUT2D eigenvalue weighted by Gasteiger charge is 2.37. The van der Waals surface area contributed by atoms with Gasteiger partial charge < -0.3 is 20.9 Å². The van der Waals surface area contributed by atoms with Gasteiger partial charge in [0.15, 0.2) is 0 Å². The Balaban J connectivity index is 1.28. The van der Waals surface area contributed by atoms with Crippen molar-refractivity contribution in [2.45, 2.75) is 38.8 Å². The third-order valence-corrected chi connectivity index (χ3v) is 8.77. The van der Waals surface area contributed by atoms with Crippen LogP contribution >= 0.6 is 0 Å². The van der Waals surface area contributed by atoms with Crippen molar-refractivity contribution < 1.29 is 14.0 Å². The molecular formula is C32H31FN8O3. The smallest absolute Gasteiger partial charge is 0.284 e. The summed E-state index contributed by atoms with van der Waals surface area (Å²) in [7, 11) is 0. The minimum absolute atomic E-state index is 0.0262. The summed E-state index contributed by atoms with van der Waals surface area (Å²) < 4.78 is 21.3. The van der Waals surface area contributed by atoms with Crippen molar-refractivity contribution in [2.75, 3.05) is 18.8 Å². The van der Waals surface area contributed by atoms with Crippen molar-refractivity contribution in [1.82, 2.24) is 28.8 Å². The van der Waals surface area contributed by atoms with Crippen molar-refractivity contribution in [1.29, 1.82) is 0 Å². The molecule has 44 heavy (non-hydrogen) atoms. The molecule has 5 heterocycles. The highest BCUT2D eigenvalue weighted by atomic mass is 19.1. The van der Waals surface area contributed by atoms with Crippen LogP contribution in [0, 0.1) is 11.7 Å². The molecule has 1 unspecified atom stereocenters. The Hall–Kier alpha value is -5.26. The van der Waals surface area contributed by atoms with Crippen LogP contribution in [0.3, 0.4) is 0 Å². The van der Waals surface area contributed by atoms with E-state index in [-0.39, 0.29) is 29.2 Å². The van der Waals surface area contributed by atoms with Crippen LogP contribution in [-0.4, -0.2) is 53.7 Å². The molecule has 4 N–H and O–H groups in total. The van der Waals surface area contributed by atoms with Gasteiger partial charge in [0.25, 0.3) is 11.5 Å². The van der Waals surface area contributed by atoms with Crippen LogP contribution in [-0.2, 0) is 11.3 Å². The predicted molar refractivity (Wildman–Crippen MR) is 163 cm³/mol. The number of nitrogen functional groups attached to an aromatic ring is 1. The first kappa shape index (κ1) is 27.6. The molecule has 0 spiro atoms. The van der Waals surface area contributed by atoms with Gasteiger partial charge in [-0.1, -0.05) is 44.2 Å². The third-order valence-electron chi connectivity index (χ3n) is 8.77. The highest BCUT2D eigenvalue weighted by Crippen LogP contribution is 2.41. The normalized spacial score (nSPS) is 16.5. The number of carbonyl (C=O) groups is 2. The number of nitrogens with zero attached hydrogens (tertiary/aromatic N) is 6. The van der Waals surface area contributed by atoms with Crippen molar-refractivity contribution in [2.24, 2.45) is 11.7 Å². The molecule has 0 aliphatic carbocycles. The van der Waals surface area contributed by atoms with Crippen LogP contribution in [0.1, 0.15) is 53.8 Å². The fraction of sp³-hybridized carbons (Fsp3) is 0.281. The van der Waals surface area contributed by atoms with Gasteiger partial charge in [-0.15, -0.1) is 0 Å². The van der Waals surface area contributed by atoms with Crippen LogP contribution in [0.5, 0.6) is 0 Å². The molecule has 2 amide bonds. The number of aromatic nitrogens is 5. The maximum atomic E-state index is 16.1. The molecular weight excluding hydrogens is 563 g/mol. The van der Waals surface area contributed by atoms with Gasteiger partial charge >= 0.3 is 0 Å². The lowest BCUT2D eigenvalue weighted by atomic mass is 9.91. The molecule has 5 aromatic rings. The molecule has 2 aliphatic heterocycles. The van der Waals surface area contributed by atoms with E-state index in [4.69, 9.17) is 11.5 Å². The van der Waals surface area contributed by atoms with E-state index in [9.17, 15) is 14.4 Å². The number of nitrogens with two attached hydrogens (primary N) is 2. The first-order chi connectivity index (χ1) is 21.2. The molecule has 0 radical (unpaired) electrons. The number of halogens is 1. The van der Waals surface area contributed by atoms with E-state index in [1.54, 1.807) is 27.8 Å². The second-order valence-electron chi connectivity index (χ2n) is 11.7. The van der Waals surface area contributed by atoms with Gasteiger partial charge in [-0.2, -0.15) is 0 Å². The molecule has 1 atom stereocenters. The first-order valence-electron chi connectivity index (χ1n) is 14.6. The van der Waals surface area contributed by atoms with Crippen LogP contribution < -0.4 is 17.0 Å². The summed E-state index contributed by atoms with van der Waals surface area (Å²) in [6.45, 7) is 5.26. The van der Waals surface area contributed by atoms with E-state index in [1.807, 2.05) is 48.9 Å². The van der Waals surface area contributed by atoms with Crippen molar-refractivity contribution in [3.63, 3.8) is 0 Å². The van der Waals surface area contributed by atoms with Gasteiger partial charge in [0.2, 0.25) is 5.91 Å².